The van der Waals surface area contributed by atoms with Gasteiger partial charge in [0.2, 0.25) is 0 Å². The number of aromatic nitrogens is 1. The number of aromatic amines is 1. The van der Waals surface area contributed by atoms with Gasteiger partial charge < -0.3 is 4.98 Å². The van der Waals surface area contributed by atoms with Crippen molar-refractivity contribution < 1.29 is 0 Å². The first-order valence-corrected chi connectivity index (χ1v) is 7.95. The van der Waals surface area contributed by atoms with E-state index in [0.29, 0.717) is 6.04 Å². The van der Waals surface area contributed by atoms with Crippen molar-refractivity contribution in [3.63, 3.8) is 0 Å². The second-order valence-corrected chi connectivity index (χ2v) is 6.99. The molecule has 0 saturated carbocycles. The predicted molar refractivity (Wildman–Crippen MR) is 92.1 cm³/mol. The van der Waals surface area contributed by atoms with E-state index in [1.807, 2.05) is 0 Å². The zero-order chi connectivity index (χ0) is 15.3. The molecule has 1 aromatic heterocycles. The number of H-pyrrole nitrogens is 1. The highest BCUT2D eigenvalue weighted by Gasteiger charge is 2.38. The number of hydrogen-bond acceptors (Lipinski definition) is 1. The van der Waals surface area contributed by atoms with Gasteiger partial charge in [-0.25, -0.2) is 0 Å². The SMILES string of the molecule is CN1C(c2c[nH]c3ccccc23)c2ccccc2CC1(C)C. The van der Waals surface area contributed by atoms with Gasteiger partial charge in [0.05, 0.1) is 6.04 Å². The number of fused-ring (bicyclic) bond motifs is 2. The van der Waals surface area contributed by atoms with Crippen LogP contribution in [-0.4, -0.2) is 22.5 Å². The van der Waals surface area contributed by atoms with Gasteiger partial charge in [-0.15, -0.1) is 0 Å². The van der Waals surface area contributed by atoms with Crippen molar-refractivity contribution in [2.45, 2.75) is 31.8 Å². The van der Waals surface area contributed by atoms with E-state index in [-0.39, 0.29) is 5.54 Å². The van der Waals surface area contributed by atoms with E-state index in [4.69, 9.17) is 0 Å². The largest absolute Gasteiger partial charge is 0.361 e. The molecule has 0 radical (unpaired) electrons. The first-order chi connectivity index (χ1) is 10.6. The standard InChI is InChI=1S/C20H22N2/c1-20(2)12-14-8-4-5-9-15(14)19(22(20)3)17-13-21-18-11-7-6-10-16(17)18/h4-11,13,19,21H,12H2,1-3H3. The lowest BCUT2D eigenvalue weighted by Crippen LogP contribution is -2.48. The summed E-state index contributed by atoms with van der Waals surface area (Å²) < 4.78 is 0. The van der Waals surface area contributed by atoms with Crippen LogP contribution in [0.25, 0.3) is 10.9 Å². The molecule has 2 heterocycles. The molecule has 0 bridgehead atoms. The minimum Gasteiger partial charge on any atom is -0.361 e. The van der Waals surface area contributed by atoms with Gasteiger partial charge in [0.25, 0.3) is 0 Å². The van der Waals surface area contributed by atoms with Crippen LogP contribution in [0.2, 0.25) is 0 Å². The summed E-state index contributed by atoms with van der Waals surface area (Å²) >= 11 is 0. The van der Waals surface area contributed by atoms with Gasteiger partial charge in [0, 0.05) is 22.6 Å². The van der Waals surface area contributed by atoms with Crippen molar-refractivity contribution in [1.82, 2.24) is 9.88 Å². The highest BCUT2D eigenvalue weighted by atomic mass is 15.2. The molecule has 0 spiro atoms. The third kappa shape index (κ3) is 1.91. The molecule has 1 aliphatic rings. The van der Waals surface area contributed by atoms with E-state index in [1.54, 1.807) is 0 Å². The molecule has 0 aliphatic carbocycles. The summed E-state index contributed by atoms with van der Waals surface area (Å²) in [5.41, 5.74) is 5.65. The number of nitrogens with one attached hydrogen (secondary N) is 1. The number of rotatable bonds is 1. The molecule has 2 heteroatoms. The van der Waals surface area contributed by atoms with Crippen molar-refractivity contribution in [3.8, 4) is 0 Å². The molecule has 0 saturated heterocycles. The van der Waals surface area contributed by atoms with Crippen LogP contribution in [0.5, 0.6) is 0 Å². The second kappa shape index (κ2) is 4.72. The molecule has 0 amide bonds. The minimum absolute atomic E-state index is 0.150. The molecule has 1 unspecified atom stereocenters. The smallest absolute Gasteiger partial charge is 0.0627 e. The Labute approximate surface area is 131 Å². The fourth-order valence-electron chi connectivity index (χ4n) is 3.81. The first-order valence-electron chi connectivity index (χ1n) is 7.95. The number of para-hydroxylation sites is 1. The predicted octanol–water partition coefficient (Wildman–Crippen LogP) is 4.52. The van der Waals surface area contributed by atoms with Crippen LogP contribution in [0.3, 0.4) is 0 Å². The van der Waals surface area contributed by atoms with Crippen LogP contribution >= 0.6 is 0 Å². The average Bonchev–Trinajstić information content (AvgIpc) is 2.92. The zero-order valence-electron chi connectivity index (χ0n) is 13.4. The number of hydrogen-bond donors (Lipinski definition) is 1. The Balaban J connectivity index is 1.96. The van der Waals surface area contributed by atoms with Crippen molar-refractivity contribution in [3.05, 3.63) is 71.4 Å². The maximum absolute atomic E-state index is 3.44. The summed E-state index contributed by atoms with van der Waals surface area (Å²) in [7, 11) is 2.25. The lowest BCUT2D eigenvalue weighted by Gasteiger charge is -2.46. The molecular formula is C20H22N2. The minimum atomic E-state index is 0.150. The third-order valence-electron chi connectivity index (χ3n) is 5.23. The lowest BCUT2D eigenvalue weighted by molar-refractivity contribution is 0.106. The van der Waals surface area contributed by atoms with E-state index in [0.717, 1.165) is 6.42 Å². The summed E-state index contributed by atoms with van der Waals surface area (Å²) in [4.78, 5) is 5.96. The molecule has 112 valence electrons. The molecule has 1 atom stereocenters. The van der Waals surface area contributed by atoms with Crippen LogP contribution in [0.1, 0.15) is 36.6 Å². The summed E-state index contributed by atoms with van der Waals surface area (Å²) in [5, 5.41) is 1.33. The average molecular weight is 290 g/mol. The summed E-state index contributed by atoms with van der Waals surface area (Å²) in [6.45, 7) is 4.68. The van der Waals surface area contributed by atoms with E-state index in [9.17, 15) is 0 Å². The molecule has 1 aliphatic heterocycles. The Morgan fingerprint density at radius 3 is 2.59 bits per heavy atom. The van der Waals surface area contributed by atoms with Crippen LogP contribution < -0.4 is 0 Å². The molecule has 0 fully saturated rings. The normalized spacial score (nSPS) is 21.0. The quantitative estimate of drug-likeness (QED) is 0.698. The van der Waals surface area contributed by atoms with Crippen molar-refractivity contribution >= 4 is 10.9 Å². The van der Waals surface area contributed by atoms with E-state index < -0.39 is 0 Å². The Morgan fingerprint density at radius 2 is 1.73 bits per heavy atom. The van der Waals surface area contributed by atoms with E-state index in [2.05, 4.69) is 85.5 Å². The molecule has 3 aromatic rings. The lowest BCUT2D eigenvalue weighted by atomic mass is 9.79. The molecule has 2 aromatic carbocycles. The fraction of sp³-hybridized carbons (Fsp3) is 0.300. The van der Waals surface area contributed by atoms with Gasteiger partial charge in [0.1, 0.15) is 0 Å². The Morgan fingerprint density at radius 1 is 1.00 bits per heavy atom. The first kappa shape index (κ1) is 13.6. The summed E-state index contributed by atoms with van der Waals surface area (Å²) in [6.07, 6.45) is 3.28. The monoisotopic (exact) mass is 290 g/mol. The fourth-order valence-corrected chi connectivity index (χ4v) is 3.81. The molecule has 22 heavy (non-hydrogen) atoms. The van der Waals surface area contributed by atoms with Gasteiger partial charge in [-0.3, -0.25) is 4.90 Å². The Bertz CT molecular complexity index is 828. The van der Waals surface area contributed by atoms with Crippen molar-refractivity contribution in [2.24, 2.45) is 0 Å². The van der Waals surface area contributed by atoms with Gasteiger partial charge >= 0.3 is 0 Å². The summed E-state index contributed by atoms with van der Waals surface area (Å²) in [6, 6.07) is 17.8. The van der Waals surface area contributed by atoms with E-state index >= 15 is 0 Å². The third-order valence-corrected chi connectivity index (χ3v) is 5.23. The Kier molecular flexibility index (Phi) is 2.92. The second-order valence-electron chi connectivity index (χ2n) is 6.99. The van der Waals surface area contributed by atoms with Gasteiger partial charge in [-0.1, -0.05) is 42.5 Å². The number of likely N-dealkylation sites (N-methyl/N-ethyl adjacent to an activating group) is 1. The highest BCUT2D eigenvalue weighted by molar-refractivity contribution is 5.84. The summed E-state index contributed by atoms with van der Waals surface area (Å²) in [5.74, 6) is 0. The van der Waals surface area contributed by atoms with Crippen LogP contribution in [0.15, 0.2) is 54.7 Å². The van der Waals surface area contributed by atoms with Gasteiger partial charge in [-0.05, 0) is 50.1 Å². The molecule has 1 N–H and O–H groups in total. The van der Waals surface area contributed by atoms with Crippen LogP contribution in [-0.2, 0) is 6.42 Å². The molecular weight excluding hydrogens is 268 g/mol. The Hall–Kier alpha value is -2.06. The number of benzene rings is 2. The molecule has 4 rings (SSSR count). The van der Waals surface area contributed by atoms with Gasteiger partial charge in [-0.2, -0.15) is 0 Å². The number of nitrogens with zero attached hydrogens (tertiary/aromatic N) is 1. The highest BCUT2D eigenvalue weighted by Crippen LogP contribution is 2.42. The maximum atomic E-state index is 3.44. The van der Waals surface area contributed by atoms with Crippen LogP contribution in [0.4, 0.5) is 0 Å². The maximum Gasteiger partial charge on any atom is 0.0627 e. The van der Waals surface area contributed by atoms with Crippen molar-refractivity contribution in [2.75, 3.05) is 7.05 Å². The van der Waals surface area contributed by atoms with Gasteiger partial charge in [0.15, 0.2) is 0 Å². The van der Waals surface area contributed by atoms with E-state index in [1.165, 1.54) is 27.6 Å². The van der Waals surface area contributed by atoms with Crippen molar-refractivity contribution in [1.29, 1.82) is 0 Å². The molecule has 2 nitrogen and oxygen atoms in total. The zero-order valence-corrected chi connectivity index (χ0v) is 13.4. The van der Waals surface area contributed by atoms with Crippen LogP contribution in [0, 0.1) is 0 Å². The topological polar surface area (TPSA) is 19.0 Å².